The van der Waals surface area contributed by atoms with Crippen molar-refractivity contribution in [2.24, 2.45) is 0 Å². The third-order valence-corrected chi connectivity index (χ3v) is 3.12. The van der Waals surface area contributed by atoms with E-state index in [4.69, 9.17) is 9.47 Å². The van der Waals surface area contributed by atoms with Crippen LogP contribution in [0.4, 0.5) is 0 Å². The van der Waals surface area contributed by atoms with Crippen LogP contribution in [0.15, 0.2) is 24.3 Å². The monoisotopic (exact) mass is 252 g/mol. The highest BCUT2D eigenvalue weighted by molar-refractivity contribution is 7.80. The zero-order valence-corrected chi connectivity index (χ0v) is 10.7. The standard InChI is InChI=1S/C13H18NO2S/c17-13(16-12-4-2-1-3-5-12)6-7-14-8-10-15-11-9-14/h2-5,13,17H,6-11H2. The number of ether oxygens (including phenoxy) is 2. The molecule has 1 heterocycles. The van der Waals surface area contributed by atoms with E-state index in [-0.39, 0.29) is 5.44 Å². The van der Waals surface area contributed by atoms with Gasteiger partial charge in [0.25, 0.3) is 0 Å². The van der Waals surface area contributed by atoms with E-state index >= 15 is 0 Å². The van der Waals surface area contributed by atoms with Gasteiger partial charge in [0.2, 0.25) is 0 Å². The molecule has 4 heteroatoms. The number of hydrogen-bond donors (Lipinski definition) is 1. The molecule has 1 unspecified atom stereocenters. The van der Waals surface area contributed by atoms with Crippen LogP contribution in [0.3, 0.4) is 0 Å². The van der Waals surface area contributed by atoms with Crippen LogP contribution in [0.1, 0.15) is 6.42 Å². The molecule has 0 N–H and O–H groups in total. The third kappa shape index (κ3) is 4.58. The van der Waals surface area contributed by atoms with Gasteiger partial charge in [-0.3, -0.25) is 4.90 Å². The van der Waals surface area contributed by atoms with Crippen molar-refractivity contribution < 1.29 is 9.47 Å². The predicted octanol–water partition coefficient (Wildman–Crippen LogP) is 1.84. The molecule has 2 rings (SSSR count). The first-order chi connectivity index (χ1) is 8.34. The first-order valence-electron chi connectivity index (χ1n) is 5.95. The van der Waals surface area contributed by atoms with Crippen LogP contribution < -0.4 is 4.74 Å². The number of benzene rings is 1. The minimum Gasteiger partial charge on any atom is -0.480 e. The van der Waals surface area contributed by atoms with E-state index < -0.39 is 0 Å². The highest BCUT2D eigenvalue weighted by Crippen LogP contribution is 2.14. The van der Waals surface area contributed by atoms with Gasteiger partial charge in [0, 0.05) is 26.1 Å². The zero-order chi connectivity index (χ0) is 11.9. The van der Waals surface area contributed by atoms with Crippen LogP contribution >= 0.6 is 12.6 Å². The van der Waals surface area contributed by atoms with Crippen molar-refractivity contribution >= 4 is 12.6 Å². The second kappa shape index (κ2) is 6.89. The third-order valence-electron chi connectivity index (χ3n) is 2.76. The molecule has 1 radical (unpaired) electrons. The summed E-state index contributed by atoms with van der Waals surface area (Å²) in [4.78, 5) is 2.38. The van der Waals surface area contributed by atoms with Gasteiger partial charge in [-0.15, -0.1) is 12.6 Å². The highest BCUT2D eigenvalue weighted by Gasteiger charge is 2.12. The number of nitrogens with zero attached hydrogens (tertiary/aromatic N) is 1. The van der Waals surface area contributed by atoms with Crippen LogP contribution in [-0.2, 0) is 4.74 Å². The summed E-state index contributed by atoms with van der Waals surface area (Å²) in [6, 6.07) is 10.5. The highest BCUT2D eigenvalue weighted by atomic mass is 32.1. The molecule has 0 bridgehead atoms. The molecule has 1 aromatic rings. The molecule has 1 aliphatic rings. The Balaban J connectivity index is 1.68. The molecule has 0 aromatic heterocycles. The normalized spacial score (nSPS) is 18.9. The molecule has 17 heavy (non-hydrogen) atoms. The molecule has 0 amide bonds. The van der Waals surface area contributed by atoms with Crippen molar-refractivity contribution in [1.82, 2.24) is 4.90 Å². The maximum absolute atomic E-state index is 5.69. The van der Waals surface area contributed by atoms with E-state index in [9.17, 15) is 0 Å². The first kappa shape index (κ1) is 12.7. The summed E-state index contributed by atoms with van der Waals surface area (Å²) in [6.07, 6.45) is 0.918. The van der Waals surface area contributed by atoms with Gasteiger partial charge in [0.15, 0.2) is 0 Å². The topological polar surface area (TPSA) is 21.7 Å². The smallest absolute Gasteiger partial charge is 0.142 e. The summed E-state index contributed by atoms with van der Waals surface area (Å²) in [5.74, 6) is 0.853. The van der Waals surface area contributed by atoms with Crippen molar-refractivity contribution in [1.29, 1.82) is 0 Å². The SMILES string of the molecule is SC(CCN1CCOCC1)Oc1cc[c]cc1. The Hall–Kier alpha value is -0.710. The van der Waals surface area contributed by atoms with Gasteiger partial charge >= 0.3 is 0 Å². The van der Waals surface area contributed by atoms with Gasteiger partial charge in [-0.25, -0.2) is 0 Å². The fourth-order valence-electron chi connectivity index (χ4n) is 1.78. The largest absolute Gasteiger partial charge is 0.480 e. The fraction of sp³-hybridized carbons (Fsp3) is 0.538. The van der Waals surface area contributed by atoms with Crippen molar-refractivity contribution in [3.63, 3.8) is 0 Å². The summed E-state index contributed by atoms with van der Waals surface area (Å²) < 4.78 is 11.0. The maximum atomic E-state index is 5.69. The Kier molecular flexibility index (Phi) is 5.16. The zero-order valence-electron chi connectivity index (χ0n) is 9.84. The number of rotatable bonds is 5. The van der Waals surface area contributed by atoms with Gasteiger partial charge < -0.3 is 9.47 Å². The number of thiol groups is 1. The van der Waals surface area contributed by atoms with E-state index in [1.165, 1.54) is 0 Å². The number of morpholine rings is 1. The molecule has 1 atom stereocenters. The van der Waals surface area contributed by atoms with E-state index in [1.54, 1.807) is 0 Å². The van der Waals surface area contributed by atoms with Crippen LogP contribution in [0.25, 0.3) is 0 Å². The molecule has 0 spiro atoms. The summed E-state index contributed by atoms with van der Waals surface area (Å²) >= 11 is 4.45. The Labute approximate surface area is 108 Å². The van der Waals surface area contributed by atoms with Crippen LogP contribution in [0.2, 0.25) is 0 Å². The van der Waals surface area contributed by atoms with Crippen LogP contribution in [-0.4, -0.2) is 43.2 Å². The average molecular weight is 252 g/mol. The summed E-state index contributed by atoms with van der Waals surface area (Å²) in [6.45, 7) is 4.72. The second-order valence-corrected chi connectivity index (χ2v) is 4.63. The van der Waals surface area contributed by atoms with E-state index in [0.29, 0.717) is 0 Å². The molecule has 1 saturated heterocycles. The first-order valence-corrected chi connectivity index (χ1v) is 6.47. The molecule has 0 aliphatic carbocycles. The van der Waals surface area contributed by atoms with Gasteiger partial charge in [0.1, 0.15) is 11.2 Å². The van der Waals surface area contributed by atoms with Gasteiger partial charge in [-0.2, -0.15) is 0 Å². The molecule has 0 saturated carbocycles. The summed E-state index contributed by atoms with van der Waals surface area (Å²) in [5, 5.41) is 0. The Morgan fingerprint density at radius 3 is 2.76 bits per heavy atom. The van der Waals surface area contributed by atoms with Gasteiger partial charge in [-0.1, -0.05) is 12.1 Å². The van der Waals surface area contributed by atoms with E-state index in [0.717, 1.165) is 45.0 Å². The summed E-state index contributed by atoms with van der Waals surface area (Å²) in [7, 11) is 0. The quantitative estimate of drug-likeness (QED) is 0.638. The Morgan fingerprint density at radius 1 is 1.35 bits per heavy atom. The fourth-order valence-corrected chi connectivity index (χ4v) is 2.02. The van der Waals surface area contributed by atoms with Crippen molar-refractivity contribution in [3.8, 4) is 5.75 Å². The Morgan fingerprint density at radius 2 is 2.06 bits per heavy atom. The Bertz CT molecular complexity index is 314. The minimum atomic E-state index is -0.0553. The number of hydrogen-bond acceptors (Lipinski definition) is 4. The minimum absolute atomic E-state index is 0.0553. The van der Waals surface area contributed by atoms with Crippen LogP contribution in [0, 0.1) is 6.07 Å². The lowest BCUT2D eigenvalue weighted by molar-refractivity contribution is 0.0350. The van der Waals surface area contributed by atoms with Gasteiger partial charge in [0.05, 0.1) is 13.2 Å². The van der Waals surface area contributed by atoms with Crippen molar-refractivity contribution in [2.45, 2.75) is 11.9 Å². The van der Waals surface area contributed by atoms with Crippen molar-refractivity contribution in [2.75, 3.05) is 32.8 Å². The lowest BCUT2D eigenvalue weighted by atomic mass is 10.3. The molecule has 93 valence electrons. The maximum Gasteiger partial charge on any atom is 0.142 e. The average Bonchev–Trinajstić information content (AvgIpc) is 2.39. The molecule has 1 aromatic carbocycles. The van der Waals surface area contributed by atoms with E-state index in [2.05, 4.69) is 23.6 Å². The van der Waals surface area contributed by atoms with E-state index in [1.807, 2.05) is 24.3 Å². The lowest BCUT2D eigenvalue weighted by Gasteiger charge is -2.27. The molecular weight excluding hydrogens is 234 g/mol. The molecular formula is C13H18NO2S. The predicted molar refractivity (Wildman–Crippen MR) is 70.6 cm³/mol. The van der Waals surface area contributed by atoms with Gasteiger partial charge in [-0.05, 0) is 18.2 Å². The molecule has 1 aliphatic heterocycles. The van der Waals surface area contributed by atoms with Crippen molar-refractivity contribution in [3.05, 3.63) is 30.3 Å². The molecule has 3 nitrogen and oxygen atoms in total. The summed E-state index contributed by atoms with van der Waals surface area (Å²) in [5.41, 5.74) is -0.0553. The van der Waals surface area contributed by atoms with Crippen LogP contribution in [0.5, 0.6) is 5.75 Å². The second-order valence-electron chi connectivity index (χ2n) is 4.05. The molecule has 1 fully saturated rings. The lowest BCUT2D eigenvalue weighted by Crippen LogP contribution is -2.37.